The minimum atomic E-state index is -2.92. The molecule has 1 heterocycles. The molecule has 9 heteroatoms. The van der Waals surface area contributed by atoms with Crippen LogP contribution in [-0.4, -0.2) is 27.5 Å². The molecule has 1 aliphatic rings. The maximum Gasteiger partial charge on any atom is 0.228 e. The Kier molecular flexibility index (Phi) is 5.09. The summed E-state index contributed by atoms with van der Waals surface area (Å²) >= 11 is 0. The van der Waals surface area contributed by atoms with Crippen molar-refractivity contribution in [1.29, 1.82) is 0 Å². The summed E-state index contributed by atoms with van der Waals surface area (Å²) in [6, 6.07) is 1.80. The van der Waals surface area contributed by atoms with Gasteiger partial charge in [-0.2, -0.15) is 0 Å². The van der Waals surface area contributed by atoms with Gasteiger partial charge in [0, 0.05) is 30.9 Å². The Balaban J connectivity index is 2.42. The molecule has 1 aliphatic heterocycles. The third kappa shape index (κ3) is 3.26. The number of rotatable bonds is 5. The molecular formula is C13H16F2N2O4S. The van der Waals surface area contributed by atoms with Crippen molar-refractivity contribution in [2.75, 3.05) is 13.2 Å². The summed E-state index contributed by atoms with van der Waals surface area (Å²) in [5.74, 6) is -2.32. The van der Waals surface area contributed by atoms with Crippen molar-refractivity contribution in [1.82, 2.24) is 4.72 Å². The van der Waals surface area contributed by atoms with Gasteiger partial charge in [-0.05, 0) is 25.0 Å². The molecule has 0 bridgehead atoms. The van der Waals surface area contributed by atoms with Crippen molar-refractivity contribution >= 4 is 16.8 Å². The number of hydrogen-bond donors (Lipinski definition) is 3. The molecule has 0 saturated carbocycles. The SMILES string of the molecule is NC(=O)C1(c2cc(F)c(CN[SH](=O)=O)cc2F)CCOCC1. The first kappa shape index (κ1) is 16.8. The molecule has 0 aromatic heterocycles. The van der Waals surface area contributed by atoms with E-state index in [2.05, 4.69) is 0 Å². The summed E-state index contributed by atoms with van der Waals surface area (Å²) in [5.41, 5.74) is 3.85. The summed E-state index contributed by atoms with van der Waals surface area (Å²) in [4.78, 5) is 11.8. The summed E-state index contributed by atoms with van der Waals surface area (Å²) < 4.78 is 56.5. The molecule has 2 rings (SSSR count). The van der Waals surface area contributed by atoms with E-state index in [0.29, 0.717) is 0 Å². The molecule has 1 saturated heterocycles. The molecule has 1 fully saturated rings. The van der Waals surface area contributed by atoms with Gasteiger partial charge in [0.25, 0.3) is 0 Å². The summed E-state index contributed by atoms with van der Waals surface area (Å²) in [7, 11) is -2.92. The average Bonchev–Trinajstić information content (AvgIpc) is 2.48. The molecule has 122 valence electrons. The zero-order chi connectivity index (χ0) is 16.3. The van der Waals surface area contributed by atoms with E-state index < -0.39 is 33.8 Å². The Morgan fingerprint density at radius 2 is 1.91 bits per heavy atom. The predicted octanol–water partition coefficient (Wildman–Crippen LogP) is 0.114. The molecular weight excluding hydrogens is 318 g/mol. The molecule has 0 unspecified atom stereocenters. The maximum atomic E-state index is 14.4. The van der Waals surface area contributed by atoms with Crippen molar-refractivity contribution < 1.29 is 26.7 Å². The van der Waals surface area contributed by atoms with Crippen molar-refractivity contribution in [3.63, 3.8) is 0 Å². The lowest BCUT2D eigenvalue weighted by Gasteiger charge is -2.35. The summed E-state index contributed by atoms with van der Waals surface area (Å²) in [6.45, 7) is 0.0857. The van der Waals surface area contributed by atoms with Gasteiger partial charge >= 0.3 is 0 Å². The van der Waals surface area contributed by atoms with E-state index >= 15 is 0 Å². The van der Waals surface area contributed by atoms with Crippen molar-refractivity contribution in [2.24, 2.45) is 5.73 Å². The maximum absolute atomic E-state index is 14.4. The zero-order valence-electron chi connectivity index (χ0n) is 11.6. The second kappa shape index (κ2) is 6.67. The highest BCUT2D eigenvalue weighted by Gasteiger charge is 2.42. The number of nitrogens with two attached hydrogens (primary N) is 1. The third-order valence-electron chi connectivity index (χ3n) is 3.87. The van der Waals surface area contributed by atoms with Gasteiger partial charge in [-0.25, -0.2) is 21.9 Å². The molecule has 1 amide bonds. The topological polar surface area (TPSA) is 98.5 Å². The third-order valence-corrected chi connectivity index (χ3v) is 4.28. The lowest BCUT2D eigenvalue weighted by molar-refractivity contribution is -0.127. The first-order valence-corrected chi connectivity index (χ1v) is 7.78. The first-order chi connectivity index (χ1) is 10.4. The van der Waals surface area contributed by atoms with Crippen molar-refractivity contribution in [2.45, 2.75) is 24.8 Å². The largest absolute Gasteiger partial charge is 0.381 e. The normalized spacial score (nSPS) is 17.6. The molecule has 0 spiro atoms. The predicted molar refractivity (Wildman–Crippen MR) is 74.4 cm³/mol. The van der Waals surface area contributed by atoms with Crippen LogP contribution in [0.1, 0.15) is 24.0 Å². The van der Waals surface area contributed by atoms with Crippen LogP contribution in [0.4, 0.5) is 8.78 Å². The minimum Gasteiger partial charge on any atom is -0.381 e. The molecule has 0 atom stereocenters. The van der Waals surface area contributed by atoms with Crippen LogP contribution in [0.15, 0.2) is 12.1 Å². The lowest BCUT2D eigenvalue weighted by atomic mass is 9.73. The quantitative estimate of drug-likeness (QED) is 0.666. The Labute approximate surface area is 127 Å². The molecule has 6 nitrogen and oxygen atoms in total. The second-order valence-corrected chi connectivity index (χ2v) is 5.90. The Morgan fingerprint density at radius 3 is 2.45 bits per heavy atom. The first-order valence-electron chi connectivity index (χ1n) is 6.61. The van der Waals surface area contributed by atoms with Gasteiger partial charge < -0.3 is 10.5 Å². The van der Waals surface area contributed by atoms with E-state index in [-0.39, 0.29) is 43.7 Å². The van der Waals surface area contributed by atoms with E-state index in [9.17, 15) is 22.0 Å². The van der Waals surface area contributed by atoms with Gasteiger partial charge in [0.1, 0.15) is 11.6 Å². The smallest absolute Gasteiger partial charge is 0.228 e. The van der Waals surface area contributed by atoms with Crippen LogP contribution in [0.2, 0.25) is 0 Å². The number of amides is 1. The van der Waals surface area contributed by atoms with E-state index in [1.807, 2.05) is 4.72 Å². The van der Waals surface area contributed by atoms with Crippen molar-refractivity contribution in [3.8, 4) is 0 Å². The summed E-state index contributed by atoms with van der Waals surface area (Å²) in [6.07, 6.45) is 0.339. The van der Waals surface area contributed by atoms with Crippen LogP contribution >= 0.6 is 0 Å². The van der Waals surface area contributed by atoms with Crippen LogP contribution in [0.5, 0.6) is 0 Å². The van der Waals surface area contributed by atoms with E-state index in [4.69, 9.17) is 10.5 Å². The molecule has 1 aromatic carbocycles. The average molecular weight is 334 g/mol. The molecule has 22 heavy (non-hydrogen) atoms. The highest BCUT2D eigenvalue weighted by atomic mass is 32.2. The molecule has 0 aliphatic carbocycles. The van der Waals surface area contributed by atoms with Gasteiger partial charge in [-0.3, -0.25) is 4.79 Å². The van der Waals surface area contributed by atoms with Crippen LogP contribution in [-0.2, 0) is 32.4 Å². The van der Waals surface area contributed by atoms with Gasteiger partial charge in [0.05, 0.1) is 5.41 Å². The van der Waals surface area contributed by atoms with Gasteiger partial charge in [-0.1, -0.05) is 0 Å². The standard InChI is InChI=1S/C13H16F2N2O4S/c14-10-6-9(11(15)5-8(10)7-17-22(19)20)13(12(16)18)1-3-21-4-2-13/h5-6,22H,1-4,7H2,(H2,16,18)(H,17,19,20). The van der Waals surface area contributed by atoms with E-state index in [0.717, 1.165) is 12.1 Å². The van der Waals surface area contributed by atoms with Crippen LogP contribution < -0.4 is 10.5 Å². The lowest BCUT2D eigenvalue weighted by Crippen LogP contribution is -2.46. The Hall–Kier alpha value is -1.58. The van der Waals surface area contributed by atoms with Crippen molar-refractivity contribution in [3.05, 3.63) is 34.9 Å². The van der Waals surface area contributed by atoms with Crippen LogP contribution in [0.3, 0.4) is 0 Å². The number of carbonyl (C=O) groups is 1. The summed E-state index contributed by atoms with van der Waals surface area (Å²) in [5, 5.41) is 0. The minimum absolute atomic E-state index is 0.115. The fourth-order valence-corrected chi connectivity index (χ4v) is 2.91. The number of hydrogen-bond acceptors (Lipinski definition) is 4. The van der Waals surface area contributed by atoms with Gasteiger partial charge in [-0.15, -0.1) is 0 Å². The number of primary amides is 1. The van der Waals surface area contributed by atoms with Crippen LogP contribution in [0.25, 0.3) is 0 Å². The second-order valence-electron chi connectivity index (χ2n) is 5.07. The number of nitrogens with one attached hydrogen (secondary N) is 1. The number of halogens is 2. The fourth-order valence-electron chi connectivity index (χ4n) is 2.61. The number of thiol groups is 1. The number of ether oxygens (including phenoxy) is 1. The van der Waals surface area contributed by atoms with Gasteiger partial charge in [0.2, 0.25) is 16.8 Å². The molecule has 0 radical (unpaired) electrons. The number of carbonyl (C=O) groups excluding carboxylic acids is 1. The zero-order valence-corrected chi connectivity index (χ0v) is 12.5. The Bertz CT molecular complexity index is 650. The monoisotopic (exact) mass is 334 g/mol. The Morgan fingerprint density at radius 1 is 1.27 bits per heavy atom. The highest BCUT2D eigenvalue weighted by molar-refractivity contribution is 7.70. The molecule has 1 aromatic rings. The van der Waals surface area contributed by atoms with E-state index in [1.54, 1.807) is 0 Å². The highest BCUT2D eigenvalue weighted by Crippen LogP contribution is 2.37. The van der Waals surface area contributed by atoms with Crippen LogP contribution in [0, 0.1) is 11.6 Å². The number of benzene rings is 1. The molecule has 3 N–H and O–H groups in total. The fraction of sp³-hybridized carbons (Fsp3) is 0.462. The van der Waals surface area contributed by atoms with E-state index in [1.165, 1.54) is 0 Å². The van der Waals surface area contributed by atoms with Gasteiger partial charge in [0.15, 0.2) is 0 Å².